The van der Waals surface area contributed by atoms with E-state index in [2.05, 4.69) is 43.4 Å². The van der Waals surface area contributed by atoms with Crippen LogP contribution in [-0.4, -0.2) is 49.6 Å². The lowest BCUT2D eigenvalue weighted by atomic mass is 10.1. The third kappa shape index (κ3) is 7.01. The van der Waals surface area contributed by atoms with Gasteiger partial charge in [-0.3, -0.25) is 15.1 Å². The Hall–Kier alpha value is -2.08. The SMILES string of the molecule is CCNC(=NCCNc1ccccc1[N+](=O)[O-])NC1CCN(c2cccs2)CC1.I. The number of nitro groups is 1. The van der Waals surface area contributed by atoms with E-state index >= 15 is 0 Å². The van der Waals surface area contributed by atoms with E-state index in [0.29, 0.717) is 24.8 Å². The zero-order valence-corrected chi connectivity index (χ0v) is 20.2. The molecule has 3 N–H and O–H groups in total. The molecule has 0 amide bonds. The predicted octanol–water partition coefficient (Wildman–Crippen LogP) is 3.91. The summed E-state index contributed by atoms with van der Waals surface area (Å²) in [4.78, 5) is 17.8. The number of nitro benzene ring substituents is 1. The number of para-hydroxylation sites is 2. The Kier molecular flexibility index (Phi) is 10.1. The summed E-state index contributed by atoms with van der Waals surface area (Å²) in [6.45, 7) is 5.96. The lowest BCUT2D eigenvalue weighted by molar-refractivity contribution is -0.384. The van der Waals surface area contributed by atoms with Crippen molar-refractivity contribution < 1.29 is 4.92 Å². The van der Waals surface area contributed by atoms with Crippen LogP contribution in [0.4, 0.5) is 16.4 Å². The van der Waals surface area contributed by atoms with Gasteiger partial charge in [0.2, 0.25) is 0 Å². The Morgan fingerprint density at radius 3 is 2.70 bits per heavy atom. The van der Waals surface area contributed by atoms with Gasteiger partial charge in [-0.05, 0) is 43.3 Å². The zero-order valence-electron chi connectivity index (χ0n) is 17.0. The number of rotatable bonds is 8. The van der Waals surface area contributed by atoms with Gasteiger partial charge in [-0.1, -0.05) is 12.1 Å². The number of hydrogen-bond acceptors (Lipinski definition) is 6. The lowest BCUT2D eigenvalue weighted by Gasteiger charge is -2.33. The van der Waals surface area contributed by atoms with Crippen LogP contribution in [0.25, 0.3) is 0 Å². The van der Waals surface area contributed by atoms with Crippen molar-refractivity contribution in [2.45, 2.75) is 25.8 Å². The molecule has 0 spiro atoms. The normalized spacial score (nSPS) is 14.7. The van der Waals surface area contributed by atoms with Gasteiger partial charge in [0.1, 0.15) is 5.69 Å². The smallest absolute Gasteiger partial charge is 0.292 e. The Morgan fingerprint density at radius 1 is 1.27 bits per heavy atom. The van der Waals surface area contributed by atoms with E-state index in [9.17, 15) is 10.1 Å². The molecule has 0 bridgehead atoms. The van der Waals surface area contributed by atoms with Crippen LogP contribution in [-0.2, 0) is 0 Å². The molecule has 0 unspecified atom stereocenters. The second kappa shape index (κ2) is 12.6. The highest BCUT2D eigenvalue weighted by molar-refractivity contribution is 14.0. The molecule has 2 aromatic rings. The van der Waals surface area contributed by atoms with Crippen LogP contribution in [0.5, 0.6) is 0 Å². The standard InChI is InChI=1S/C20H28N6O2S.HI/c1-2-21-20(23-12-11-22-17-6-3-4-7-18(17)26(27)28)24-16-9-13-25(14-10-16)19-8-5-15-29-19;/h3-8,15-16,22H,2,9-14H2,1H3,(H2,21,23,24);1H. The molecule has 0 aliphatic carbocycles. The molecule has 164 valence electrons. The fourth-order valence-electron chi connectivity index (χ4n) is 3.35. The minimum Gasteiger partial charge on any atom is -0.378 e. The molecule has 8 nitrogen and oxygen atoms in total. The molecule has 1 aliphatic heterocycles. The van der Waals surface area contributed by atoms with Gasteiger partial charge in [0.05, 0.1) is 16.5 Å². The van der Waals surface area contributed by atoms with Crippen LogP contribution >= 0.6 is 35.3 Å². The number of anilines is 2. The van der Waals surface area contributed by atoms with Crippen molar-refractivity contribution in [2.24, 2.45) is 4.99 Å². The predicted molar refractivity (Wildman–Crippen MR) is 136 cm³/mol. The van der Waals surface area contributed by atoms with Gasteiger partial charge in [0.25, 0.3) is 5.69 Å². The number of nitrogens with one attached hydrogen (secondary N) is 3. The number of guanidine groups is 1. The Labute approximate surface area is 198 Å². The third-order valence-electron chi connectivity index (χ3n) is 4.80. The molecular weight excluding hydrogens is 515 g/mol. The first-order valence-electron chi connectivity index (χ1n) is 9.98. The summed E-state index contributed by atoms with van der Waals surface area (Å²) in [5, 5.41) is 24.5. The first kappa shape index (κ1) is 24.2. The van der Waals surface area contributed by atoms with Crippen molar-refractivity contribution in [2.75, 3.05) is 42.9 Å². The van der Waals surface area contributed by atoms with Crippen molar-refractivity contribution in [1.82, 2.24) is 10.6 Å². The number of benzene rings is 1. The summed E-state index contributed by atoms with van der Waals surface area (Å²) in [6, 6.07) is 11.3. The van der Waals surface area contributed by atoms with Gasteiger partial charge >= 0.3 is 0 Å². The largest absolute Gasteiger partial charge is 0.378 e. The maximum Gasteiger partial charge on any atom is 0.292 e. The van der Waals surface area contributed by atoms with E-state index in [1.165, 1.54) is 11.1 Å². The first-order chi connectivity index (χ1) is 14.2. The lowest BCUT2D eigenvalue weighted by Crippen LogP contribution is -2.48. The Morgan fingerprint density at radius 2 is 2.03 bits per heavy atom. The van der Waals surface area contributed by atoms with E-state index in [1.54, 1.807) is 29.5 Å². The van der Waals surface area contributed by atoms with Gasteiger partial charge < -0.3 is 20.9 Å². The van der Waals surface area contributed by atoms with Crippen LogP contribution in [0.15, 0.2) is 46.8 Å². The maximum absolute atomic E-state index is 11.1. The molecule has 0 saturated carbocycles. The monoisotopic (exact) mass is 544 g/mol. The maximum atomic E-state index is 11.1. The van der Waals surface area contributed by atoms with E-state index < -0.39 is 0 Å². The van der Waals surface area contributed by atoms with Gasteiger partial charge in [0.15, 0.2) is 5.96 Å². The van der Waals surface area contributed by atoms with E-state index in [0.717, 1.165) is 38.4 Å². The molecule has 3 rings (SSSR count). The van der Waals surface area contributed by atoms with Crippen LogP contribution in [0.1, 0.15) is 19.8 Å². The number of thiophene rings is 1. The van der Waals surface area contributed by atoms with E-state index in [-0.39, 0.29) is 34.6 Å². The molecule has 0 atom stereocenters. The van der Waals surface area contributed by atoms with Crippen molar-refractivity contribution in [3.05, 3.63) is 51.9 Å². The van der Waals surface area contributed by atoms with Crippen molar-refractivity contribution >= 4 is 57.6 Å². The Bertz CT molecular complexity index is 809. The summed E-state index contributed by atoms with van der Waals surface area (Å²) in [5.41, 5.74) is 0.602. The summed E-state index contributed by atoms with van der Waals surface area (Å²) < 4.78 is 0. The quantitative estimate of drug-likeness (QED) is 0.117. The average Bonchev–Trinajstić information content (AvgIpc) is 3.27. The molecule has 1 aliphatic rings. The fraction of sp³-hybridized carbons (Fsp3) is 0.450. The summed E-state index contributed by atoms with van der Waals surface area (Å²) >= 11 is 1.79. The highest BCUT2D eigenvalue weighted by atomic mass is 127. The number of nitrogens with zero attached hydrogens (tertiary/aromatic N) is 3. The molecule has 1 fully saturated rings. The van der Waals surface area contributed by atoms with E-state index in [1.807, 2.05) is 6.92 Å². The van der Waals surface area contributed by atoms with Crippen molar-refractivity contribution in [3.8, 4) is 0 Å². The van der Waals surface area contributed by atoms with Crippen molar-refractivity contribution in [1.29, 1.82) is 0 Å². The minimum absolute atomic E-state index is 0. The van der Waals surface area contributed by atoms with Crippen LogP contribution in [0, 0.1) is 10.1 Å². The third-order valence-corrected chi connectivity index (χ3v) is 5.72. The molecule has 1 aromatic heterocycles. The highest BCUT2D eigenvalue weighted by Crippen LogP contribution is 2.25. The fourth-order valence-corrected chi connectivity index (χ4v) is 4.13. The first-order valence-corrected chi connectivity index (χ1v) is 10.9. The van der Waals surface area contributed by atoms with E-state index in [4.69, 9.17) is 0 Å². The topological polar surface area (TPSA) is 94.8 Å². The second-order valence-electron chi connectivity index (χ2n) is 6.82. The summed E-state index contributed by atoms with van der Waals surface area (Å²) in [7, 11) is 0. The number of piperidine rings is 1. The van der Waals surface area contributed by atoms with Gasteiger partial charge in [-0.2, -0.15) is 0 Å². The number of hydrogen-bond donors (Lipinski definition) is 3. The molecule has 1 aromatic carbocycles. The number of aliphatic imine (C=N–C) groups is 1. The molecule has 10 heteroatoms. The van der Waals surface area contributed by atoms with Crippen molar-refractivity contribution in [3.63, 3.8) is 0 Å². The molecule has 1 saturated heterocycles. The minimum atomic E-state index is -0.375. The Balaban J connectivity index is 0.00000320. The molecule has 30 heavy (non-hydrogen) atoms. The molecular formula is C20H29IN6O2S. The van der Waals surface area contributed by atoms with Crippen LogP contribution in [0.3, 0.4) is 0 Å². The number of halogens is 1. The average molecular weight is 544 g/mol. The highest BCUT2D eigenvalue weighted by Gasteiger charge is 2.20. The van der Waals surface area contributed by atoms with Crippen LogP contribution in [0.2, 0.25) is 0 Å². The van der Waals surface area contributed by atoms with Gasteiger partial charge in [0, 0.05) is 38.3 Å². The van der Waals surface area contributed by atoms with Gasteiger partial charge in [-0.15, -0.1) is 35.3 Å². The van der Waals surface area contributed by atoms with Crippen LogP contribution < -0.4 is 20.9 Å². The summed E-state index contributed by atoms with van der Waals surface area (Å²) in [5.74, 6) is 0.798. The molecule has 2 heterocycles. The second-order valence-corrected chi connectivity index (χ2v) is 7.74. The van der Waals surface area contributed by atoms with Gasteiger partial charge in [-0.25, -0.2) is 0 Å². The summed E-state index contributed by atoms with van der Waals surface area (Å²) in [6.07, 6.45) is 2.13. The molecule has 0 radical (unpaired) electrons. The zero-order chi connectivity index (χ0) is 20.5.